The molecule has 0 aliphatic carbocycles. The van der Waals surface area contributed by atoms with E-state index in [2.05, 4.69) is 0 Å². The summed E-state index contributed by atoms with van der Waals surface area (Å²) in [5, 5.41) is 1.05. The number of carbonyl (C=O) groups excluding carboxylic acids is 2. The summed E-state index contributed by atoms with van der Waals surface area (Å²) in [5.41, 5.74) is -1.39. The van der Waals surface area contributed by atoms with Crippen LogP contribution >= 0.6 is 23.2 Å². The van der Waals surface area contributed by atoms with Crippen LogP contribution in [-0.4, -0.2) is 11.9 Å². The maximum atomic E-state index is 12.7. The van der Waals surface area contributed by atoms with Gasteiger partial charge in [-0.15, -0.1) is 0 Å². The first kappa shape index (κ1) is 19.3. The minimum atomic E-state index is -1.39. The van der Waals surface area contributed by atoms with E-state index in [9.17, 15) is 9.59 Å². The van der Waals surface area contributed by atoms with Crippen molar-refractivity contribution in [1.29, 1.82) is 0 Å². The topological polar surface area (TPSA) is 52.6 Å². The van der Waals surface area contributed by atoms with E-state index in [1.54, 1.807) is 62.4 Å². The molecule has 2 aromatic carbocycles. The van der Waals surface area contributed by atoms with Gasteiger partial charge in [0.05, 0.1) is 0 Å². The molecular formula is C19H18Cl2O4. The summed E-state index contributed by atoms with van der Waals surface area (Å²) < 4.78 is 10.8. The number of benzene rings is 2. The van der Waals surface area contributed by atoms with Gasteiger partial charge in [0.15, 0.2) is 5.41 Å². The third kappa shape index (κ3) is 4.53. The van der Waals surface area contributed by atoms with E-state index in [4.69, 9.17) is 32.7 Å². The minimum absolute atomic E-state index is 0.252. The number of hydrogen-bond donors (Lipinski definition) is 0. The molecule has 0 aliphatic rings. The number of hydrogen-bond acceptors (Lipinski definition) is 4. The van der Waals surface area contributed by atoms with Gasteiger partial charge in [-0.1, -0.05) is 37.0 Å². The van der Waals surface area contributed by atoms with E-state index >= 15 is 0 Å². The Morgan fingerprint density at radius 3 is 1.36 bits per heavy atom. The minimum Gasteiger partial charge on any atom is -0.426 e. The van der Waals surface area contributed by atoms with Gasteiger partial charge in [0.2, 0.25) is 0 Å². The summed E-state index contributed by atoms with van der Waals surface area (Å²) in [6, 6.07) is 12.7. The molecule has 0 saturated heterocycles. The summed E-state index contributed by atoms with van der Waals surface area (Å²) in [4.78, 5) is 25.4. The number of ether oxygens (including phenoxy) is 2. The molecule has 0 heterocycles. The highest BCUT2D eigenvalue weighted by Gasteiger charge is 2.46. The third-order valence-corrected chi connectivity index (χ3v) is 4.54. The fourth-order valence-corrected chi connectivity index (χ4v) is 2.58. The second kappa shape index (κ2) is 8.37. The van der Waals surface area contributed by atoms with Crippen molar-refractivity contribution in [2.24, 2.45) is 5.41 Å². The van der Waals surface area contributed by atoms with Crippen LogP contribution in [0.2, 0.25) is 10.0 Å². The molecule has 0 saturated carbocycles. The number of halogens is 2. The molecule has 25 heavy (non-hydrogen) atoms. The highest BCUT2D eigenvalue weighted by molar-refractivity contribution is 6.30. The first-order chi connectivity index (χ1) is 11.9. The summed E-state index contributed by atoms with van der Waals surface area (Å²) in [6.45, 7) is 3.49. The summed E-state index contributed by atoms with van der Waals surface area (Å²) in [6.07, 6.45) is 0.505. The third-order valence-electron chi connectivity index (χ3n) is 4.04. The predicted octanol–water partition coefficient (Wildman–Crippen LogP) is 5.31. The Kier molecular flexibility index (Phi) is 6.45. The van der Waals surface area contributed by atoms with Crippen LogP contribution in [0.3, 0.4) is 0 Å². The van der Waals surface area contributed by atoms with Crippen molar-refractivity contribution in [3.05, 3.63) is 58.6 Å². The number of carbonyl (C=O) groups is 2. The van der Waals surface area contributed by atoms with Crippen LogP contribution in [0, 0.1) is 5.41 Å². The highest BCUT2D eigenvalue weighted by Crippen LogP contribution is 2.32. The van der Waals surface area contributed by atoms with E-state index in [0.717, 1.165) is 0 Å². The maximum Gasteiger partial charge on any atom is 0.328 e. The molecule has 2 rings (SSSR count). The SMILES string of the molecule is CCC(CC)(C(=O)Oc1ccc(Cl)cc1)C(=O)Oc1ccc(Cl)cc1. The Balaban J connectivity index is 2.20. The van der Waals surface area contributed by atoms with Crippen LogP contribution in [0.15, 0.2) is 48.5 Å². The molecule has 0 aliphatic heterocycles. The Hall–Kier alpha value is -2.04. The molecule has 132 valence electrons. The van der Waals surface area contributed by atoms with Gasteiger partial charge >= 0.3 is 11.9 Å². The van der Waals surface area contributed by atoms with Crippen LogP contribution in [0.25, 0.3) is 0 Å². The van der Waals surface area contributed by atoms with Crippen LogP contribution in [0.1, 0.15) is 26.7 Å². The second-order valence-corrected chi connectivity index (χ2v) is 6.35. The first-order valence-electron chi connectivity index (χ1n) is 7.87. The van der Waals surface area contributed by atoms with Crippen LogP contribution in [0.5, 0.6) is 11.5 Å². The van der Waals surface area contributed by atoms with E-state index in [1.807, 2.05) is 0 Å². The number of rotatable bonds is 6. The van der Waals surface area contributed by atoms with Crippen LogP contribution < -0.4 is 9.47 Å². The summed E-state index contributed by atoms with van der Waals surface area (Å²) in [5.74, 6) is -0.669. The molecular weight excluding hydrogens is 363 g/mol. The molecule has 0 atom stereocenters. The molecule has 0 spiro atoms. The van der Waals surface area contributed by atoms with Crippen LogP contribution in [-0.2, 0) is 9.59 Å². The van der Waals surface area contributed by atoms with Gasteiger partial charge in [0, 0.05) is 10.0 Å². The van der Waals surface area contributed by atoms with E-state index < -0.39 is 17.4 Å². The van der Waals surface area contributed by atoms with Gasteiger partial charge in [0.25, 0.3) is 0 Å². The van der Waals surface area contributed by atoms with Gasteiger partial charge in [-0.05, 0) is 61.4 Å². The largest absolute Gasteiger partial charge is 0.426 e. The standard InChI is InChI=1S/C19H18Cl2O4/c1-3-19(4-2,17(22)24-15-9-5-13(20)6-10-15)18(23)25-16-11-7-14(21)8-12-16/h5-12H,3-4H2,1-2H3. The van der Waals surface area contributed by atoms with E-state index in [-0.39, 0.29) is 12.8 Å². The van der Waals surface area contributed by atoms with Crippen molar-refractivity contribution >= 4 is 35.1 Å². The summed E-state index contributed by atoms with van der Waals surface area (Å²) >= 11 is 11.6. The average molecular weight is 381 g/mol. The quantitative estimate of drug-likeness (QED) is 0.387. The van der Waals surface area contributed by atoms with Crippen molar-refractivity contribution in [3.8, 4) is 11.5 Å². The van der Waals surface area contributed by atoms with Crippen molar-refractivity contribution < 1.29 is 19.1 Å². The van der Waals surface area contributed by atoms with Crippen molar-refractivity contribution in [3.63, 3.8) is 0 Å². The Labute approximate surface area is 156 Å². The monoisotopic (exact) mass is 380 g/mol. The molecule has 0 radical (unpaired) electrons. The average Bonchev–Trinajstić information content (AvgIpc) is 2.60. The fraction of sp³-hybridized carbons (Fsp3) is 0.263. The zero-order chi connectivity index (χ0) is 18.4. The lowest BCUT2D eigenvalue weighted by Crippen LogP contribution is -2.43. The Bertz CT molecular complexity index is 674. The molecule has 6 heteroatoms. The van der Waals surface area contributed by atoms with E-state index in [1.165, 1.54) is 0 Å². The Morgan fingerprint density at radius 2 is 1.08 bits per heavy atom. The maximum absolute atomic E-state index is 12.7. The molecule has 0 unspecified atom stereocenters. The van der Waals surface area contributed by atoms with Crippen molar-refractivity contribution in [1.82, 2.24) is 0 Å². The van der Waals surface area contributed by atoms with Crippen molar-refractivity contribution in [2.45, 2.75) is 26.7 Å². The van der Waals surface area contributed by atoms with Gasteiger partial charge in [-0.2, -0.15) is 0 Å². The molecule has 2 aromatic rings. The van der Waals surface area contributed by atoms with Crippen LogP contribution in [0.4, 0.5) is 0 Å². The molecule has 0 aromatic heterocycles. The normalized spacial score (nSPS) is 11.0. The lowest BCUT2D eigenvalue weighted by atomic mass is 9.82. The molecule has 0 bridgehead atoms. The summed E-state index contributed by atoms with van der Waals surface area (Å²) in [7, 11) is 0. The van der Waals surface area contributed by atoms with Crippen molar-refractivity contribution in [2.75, 3.05) is 0 Å². The predicted molar refractivity (Wildman–Crippen MR) is 97.2 cm³/mol. The zero-order valence-electron chi connectivity index (χ0n) is 13.9. The van der Waals surface area contributed by atoms with E-state index in [0.29, 0.717) is 21.5 Å². The lowest BCUT2D eigenvalue weighted by molar-refractivity contribution is -0.161. The number of esters is 2. The smallest absolute Gasteiger partial charge is 0.328 e. The van der Waals surface area contributed by atoms with Gasteiger partial charge in [-0.25, -0.2) is 0 Å². The fourth-order valence-electron chi connectivity index (χ4n) is 2.33. The molecule has 0 fully saturated rings. The lowest BCUT2D eigenvalue weighted by Gasteiger charge is -2.26. The molecule has 0 amide bonds. The second-order valence-electron chi connectivity index (χ2n) is 5.48. The van der Waals surface area contributed by atoms with Gasteiger partial charge in [0.1, 0.15) is 11.5 Å². The zero-order valence-corrected chi connectivity index (χ0v) is 15.4. The van der Waals surface area contributed by atoms with Gasteiger partial charge < -0.3 is 9.47 Å². The molecule has 0 N–H and O–H groups in total. The first-order valence-corrected chi connectivity index (χ1v) is 8.62. The Morgan fingerprint density at radius 1 is 0.760 bits per heavy atom. The highest BCUT2D eigenvalue weighted by atomic mass is 35.5. The molecule has 4 nitrogen and oxygen atoms in total. The van der Waals surface area contributed by atoms with Gasteiger partial charge in [-0.3, -0.25) is 9.59 Å².